The standard InChI is InChI=1S/C11H19N2O3/c1-9-7-12(5-6-13(9)8-14)10(15)16-11(2,3)4/h9H,5-7H2,1-4H3. The van der Waals surface area contributed by atoms with E-state index in [0.29, 0.717) is 19.6 Å². The average molecular weight is 227 g/mol. The molecule has 16 heavy (non-hydrogen) atoms. The number of carbonyl (C=O) groups excluding carboxylic acids is 2. The zero-order chi connectivity index (χ0) is 12.3. The van der Waals surface area contributed by atoms with Crippen molar-refractivity contribution in [2.75, 3.05) is 19.6 Å². The minimum Gasteiger partial charge on any atom is -0.444 e. The van der Waals surface area contributed by atoms with Gasteiger partial charge < -0.3 is 14.5 Å². The first kappa shape index (κ1) is 12.8. The molecule has 0 aromatic rings. The van der Waals surface area contributed by atoms with Gasteiger partial charge in [-0.2, -0.15) is 0 Å². The lowest BCUT2D eigenvalue weighted by Gasteiger charge is -2.37. The van der Waals surface area contributed by atoms with Gasteiger partial charge in [0, 0.05) is 25.7 Å². The van der Waals surface area contributed by atoms with Gasteiger partial charge in [0.1, 0.15) is 5.60 Å². The maximum atomic E-state index is 11.7. The fraction of sp³-hybridized carbons (Fsp3) is 0.818. The van der Waals surface area contributed by atoms with Gasteiger partial charge in [-0.3, -0.25) is 4.79 Å². The highest BCUT2D eigenvalue weighted by Crippen LogP contribution is 2.13. The number of amides is 2. The summed E-state index contributed by atoms with van der Waals surface area (Å²) in [6.45, 7) is 8.93. The smallest absolute Gasteiger partial charge is 0.410 e. The summed E-state index contributed by atoms with van der Waals surface area (Å²) >= 11 is 0. The molecule has 1 heterocycles. The topological polar surface area (TPSA) is 49.9 Å². The molecule has 1 aliphatic rings. The van der Waals surface area contributed by atoms with Crippen molar-refractivity contribution in [3.63, 3.8) is 0 Å². The van der Waals surface area contributed by atoms with Crippen LogP contribution >= 0.6 is 0 Å². The summed E-state index contributed by atoms with van der Waals surface area (Å²) in [7, 11) is 0. The summed E-state index contributed by atoms with van der Waals surface area (Å²) in [6, 6.07) is -0.00114. The Hall–Kier alpha value is -1.26. The minimum absolute atomic E-state index is 0.00114. The minimum atomic E-state index is -0.478. The SMILES string of the molecule is CC1CN(C(=O)OC(C)(C)C)CCN1[C]=O. The van der Waals surface area contributed by atoms with Gasteiger partial charge in [0.25, 0.3) is 0 Å². The Labute approximate surface area is 96.3 Å². The van der Waals surface area contributed by atoms with Gasteiger partial charge in [-0.05, 0) is 27.7 Å². The third-order valence-corrected chi connectivity index (χ3v) is 2.40. The fourth-order valence-electron chi connectivity index (χ4n) is 1.59. The number of hydrogen-bond acceptors (Lipinski definition) is 3. The normalized spacial score (nSPS) is 21.9. The van der Waals surface area contributed by atoms with E-state index in [1.54, 1.807) is 9.80 Å². The predicted octanol–water partition coefficient (Wildman–Crippen LogP) is 0.995. The van der Waals surface area contributed by atoms with Crippen LogP contribution in [0.15, 0.2) is 0 Å². The van der Waals surface area contributed by atoms with E-state index in [2.05, 4.69) is 0 Å². The number of ether oxygens (including phenoxy) is 1. The van der Waals surface area contributed by atoms with Gasteiger partial charge in [0.2, 0.25) is 0 Å². The van der Waals surface area contributed by atoms with Crippen LogP contribution in [0.5, 0.6) is 0 Å². The molecule has 91 valence electrons. The fourth-order valence-corrected chi connectivity index (χ4v) is 1.59. The Bertz CT molecular complexity index is 273. The Balaban J connectivity index is 2.51. The zero-order valence-corrected chi connectivity index (χ0v) is 10.3. The van der Waals surface area contributed by atoms with Crippen molar-refractivity contribution in [3.8, 4) is 0 Å². The Morgan fingerprint density at radius 2 is 2.00 bits per heavy atom. The molecule has 0 N–H and O–H groups in total. The van der Waals surface area contributed by atoms with E-state index in [0.717, 1.165) is 0 Å². The summed E-state index contributed by atoms with van der Waals surface area (Å²) in [5.74, 6) is 0. The molecule has 5 heteroatoms. The molecule has 1 unspecified atom stereocenters. The van der Waals surface area contributed by atoms with Crippen LogP contribution < -0.4 is 0 Å². The lowest BCUT2D eigenvalue weighted by atomic mass is 10.2. The molecule has 1 radical (unpaired) electrons. The summed E-state index contributed by atoms with van der Waals surface area (Å²) in [5, 5.41) is 0. The molecule has 0 aliphatic carbocycles. The highest BCUT2D eigenvalue weighted by atomic mass is 16.6. The number of nitrogens with zero attached hydrogens (tertiary/aromatic N) is 2. The molecule has 0 aromatic heterocycles. The van der Waals surface area contributed by atoms with E-state index >= 15 is 0 Å². The van der Waals surface area contributed by atoms with E-state index < -0.39 is 5.60 Å². The molecule has 0 saturated carbocycles. The van der Waals surface area contributed by atoms with E-state index in [4.69, 9.17) is 4.74 Å². The van der Waals surface area contributed by atoms with Gasteiger partial charge in [-0.1, -0.05) is 0 Å². The van der Waals surface area contributed by atoms with Gasteiger partial charge in [-0.25, -0.2) is 4.79 Å². The predicted molar refractivity (Wildman–Crippen MR) is 59.7 cm³/mol. The van der Waals surface area contributed by atoms with Crippen LogP contribution in [0.4, 0.5) is 4.79 Å². The summed E-state index contributed by atoms with van der Waals surface area (Å²) in [6.07, 6.45) is 1.55. The van der Waals surface area contributed by atoms with Crippen LogP contribution in [0, 0.1) is 0 Å². The van der Waals surface area contributed by atoms with E-state index in [-0.39, 0.29) is 12.1 Å². The first-order chi connectivity index (χ1) is 7.33. The third kappa shape index (κ3) is 3.40. The van der Waals surface area contributed by atoms with Gasteiger partial charge in [0.15, 0.2) is 0 Å². The highest BCUT2D eigenvalue weighted by Gasteiger charge is 2.29. The largest absolute Gasteiger partial charge is 0.444 e. The lowest BCUT2D eigenvalue weighted by molar-refractivity contribution is 0.0131. The first-order valence-electron chi connectivity index (χ1n) is 5.46. The van der Waals surface area contributed by atoms with E-state index in [1.807, 2.05) is 34.1 Å². The summed E-state index contributed by atoms with van der Waals surface area (Å²) in [5.41, 5.74) is -0.478. The molecular formula is C11H19N2O3. The lowest BCUT2D eigenvalue weighted by Crippen LogP contribution is -2.53. The van der Waals surface area contributed by atoms with Crippen molar-refractivity contribution < 1.29 is 14.3 Å². The Kier molecular flexibility index (Phi) is 3.78. The quantitative estimate of drug-likeness (QED) is 0.671. The van der Waals surface area contributed by atoms with E-state index in [1.165, 1.54) is 0 Å². The van der Waals surface area contributed by atoms with Crippen LogP contribution in [0.3, 0.4) is 0 Å². The molecule has 0 aromatic carbocycles. The Morgan fingerprint density at radius 3 is 2.44 bits per heavy atom. The maximum Gasteiger partial charge on any atom is 0.410 e. The average Bonchev–Trinajstić information content (AvgIpc) is 2.15. The number of piperazine rings is 1. The maximum absolute atomic E-state index is 11.7. The van der Waals surface area contributed by atoms with Crippen molar-refractivity contribution in [1.82, 2.24) is 9.80 Å². The van der Waals surface area contributed by atoms with Crippen LogP contribution in [0.1, 0.15) is 27.7 Å². The molecule has 1 rings (SSSR count). The van der Waals surface area contributed by atoms with Crippen LogP contribution in [-0.2, 0) is 9.53 Å². The molecule has 2 amide bonds. The van der Waals surface area contributed by atoms with Crippen molar-refractivity contribution in [2.24, 2.45) is 0 Å². The number of carbonyl (C=O) groups is 1. The van der Waals surface area contributed by atoms with Gasteiger partial charge >= 0.3 is 12.5 Å². The highest BCUT2D eigenvalue weighted by molar-refractivity contribution is 5.68. The molecule has 1 saturated heterocycles. The summed E-state index contributed by atoms with van der Waals surface area (Å²) in [4.78, 5) is 25.5. The number of rotatable bonds is 1. The van der Waals surface area contributed by atoms with Crippen molar-refractivity contribution in [2.45, 2.75) is 39.3 Å². The molecule has 1 aliphatic heterocycles. The van der Waals surface area contributed by atoms with Gasteiger partial charge in [-0.15, -0.1) is 0 Å². The van der Waals surface area contributed by atoms with Crippen LogP contribution in [0.25, 0.3) is 0 Å². The zero-order valence-electron chi connectivity index (χ0n) is 10.3. The van der Waals surface area contributed by atoms with Crippen molar-refractivity contribution in [1.29, 1.82) is 0 Å². The summed E-state index contributed by atoms with van der Waals surface area (Å²) < 4.78 is 5.26. The third-order valence-electron chi connectivity index (χ3n) is 2.40. The monoisotopic (exact) mass is 227 g/mol. The second-order valence-corrected chi connectivity index (χ2v) is 5.06. The number of hydrogen-bond donors (Lipinski definition) is 0. The van der Waals surface area contributed by atoms with Crippen LogP contribution in [-0.4, -0.2) is 53.6 Å². The molecule has 0 spiro atoms. The van der Waals surface area contributed by atoms with E-state index in [9.17, 15) is 9.59 Å². The molecule has 5 nitrogen and oxygen atoms in total. The molecule has 1 fully saturated rings. The molecule has 1 atom stereocenters. The first-order valence-corrected chi connectivity index (χ1v) is 5.46. The van der Waals surface area contributed by atoms with Crippen molar-refractivity contribution in [3.05, 3.63) is 0 Å². The van der Waals surface area contributed by atoms with Crippen LogP contribution in [0.2, 0.25) is 0 Å². The second kappa shape index (κ2) is 4.72. The second-order valence-electron chi connectivity index (χ2n) is 5.06. The molecular weight excluding hydrogens is 208 g/mol. The van der Waals surface area contributed by atoms with Crippen molar-refractivity contribution >= 4 is 12.5 Å². The molecule has 0 bridgehead atoms. The van der Waals surface area contributed by atoms with Gasteiger partial charge in [0.05, 0.1) is 0 Å². The Morgan fingerprint density at radius 1 is 1.38 bits per heavy atom.